The molecular formula is C12H19NO4. The molecule has 0 unspecified atom stereocenters. The summed E-state index contributed by atoms with van der Waals surface area (Å²) in [6, 6.07) is 0. The van der Waals surface area contributed by atoms with Gasteiger partial charge in [-0.25, -0.2) is 4.79 Å². The van der Waals surface area contributed by atoms with Crippen molar-refractivity contribution >= 4 is 17.5 Å². The lowest BCUT2D eigenvalue weighted by Gasteiger charge is -2.20. The van der Waals surface area contributed by atoms with Crippen LogP contribution in [0.5, 0.6) is 0 Å². The summed E-state index contributed by atoms with van der Waals surface area (Å²) in [6.07, 6.45) is 3.96. The van der Waals surface area contributed by atoms with E-state index in [0.717, 1.165) is 25.7 Å². The first-order valence-corrected chi connectivity index (χ1v) is 5.93. The fourth-order valence-corrected chi connectivity index (χ4v) is 1.81. The van der Waals surface area contributed by atoms with Gasteiger partial charge in [0.05, 0.1) is 6.61 Å². The summed E-state index contributed by atoms with van der Waals surface area (Å²) < 4.78 is 4.74. The lowest BCUT2D eigenvalue weighted by atomic mass is 10.1. The summed E-state index contributed by atoms with van der Waals surface area (Å²) in [4.78, 5) is 28.0. The van der Waals surface area contributed by atoms with Gasteiger partial charge in [-0.05, 0) is 39.5 Å². The Hall–Kier alpha value is -1.39. The fourth-order valence-electron chi connectivity index (χ4n) is 1.81. The van der Waals surface area contributed by atoms with Crippen molar-refractivity contribution in [2.75, 3.05) is 6.61 Å². The summed E-state index contributed by atoms with van der Waals surface area (Å²) in [6.45, 7) is 5.10. The Balaban J connectivity index is 2.70. The topological polar surface area (TPSA) is 65.0 Å². The van der Waals surface area contributed by atoms with E-state index < -0.39 is 11.8 Å². The van der Waals surface area contributed by atoms with Crippen LogP contribution in [0.3, 0.4) is 0 Å². The highest BCUT2D eigenvalue weighted by molar-refractivity contribution is 6.63. The summed E-state index contributed by atoms with van der Waals surface area (Å²) in [5.74, 6) is -1.16. The summed E-state index contributed by atoms with van der Waals surface area (Å²) in [5, 5.41) is 3.69. The summed E-state index contributed by atoms with van der Waals surface area (Å²) in [5.41, 5.74) is -0.618. The van der Waals surface area contributed by atoms with Crippen LogP contribution in [0.1, 0.15) is 46.5 Å². The summed E-state index contributed by atoms with van der Waals surface area (Å²) in [7, 11) is 0. The molecule has 1 fully saturated rings. The molecule has 0 aliphatic heterocycles. The van der Waals surface area contributed by atoms with Gasteiger partial charge in [-0.1, -0.05) is 5.16 Å². The van der Waals surface area contributed by atoms with Gasteiger partial charge in [0.25, 0.3) is 0 Å². The van der Waals surface area contributed by atoms with Crippen LogP contribution in [0.25, 0.3) is 0 Å². The van der Waals surface area contributed by atoms with Crippen molar-refractivity contribution in [1.29, 1.82) is 0 Å². The van der Waals surface area contributed by atoms with E-state index in [0.29, 0.717) is 0 Å². The Morgan fingerprint density at radius 3 is 2.35 bits per heavy atom. The molecule has 0 heterocycles. The Bertz CT molecular complexity index is 329. The average molecular weight is 241 g/mol. The second-order valence-corrected chi connectivity index (χ2v) is 4.46. The normalized spacial score (nSPS) is 18.9. The molecular weight excluding hydrogens is 222 g/mol. The first-order chi connectivity index (χ1) is 7.98. The molecule has 0 atom stereocenters. The molecule has 96 valence electrons. The summed E-state index contributed by atoms with van der Waals surface area (Å²) >= 11 is 0. The Morgan fingerprint density at radius 2 is 1.88 bits per heavy atom. The van der Waals surface area contributed by atoms with Crippen LogP contribution in [-0.4, -0.2) is 29.7 Å². The predicted molar refractivity (Wildman–Crippen MR) is 62.7 cm³/mol. The van der Waals surface area contributed by atoms with Gasteiger partial charge >= 0.3 is 5.97 Å². The minimum Gasteiger partial charge on any atom is -0.461 e. The second-order valence-electron chi connectivity index (χ2n) is 4.46. The van der Waals surface area contributed by atoms with E-state index >= 15 is 0 Å². The van der Waals surface area contributed by atoms with Crippen molar-refractivity contribution in [3.8, 4) is 0 Å². The number of hydrogen-bond acceptors (Lipinski definition) is 5. The molecule has 0 radical (unpaired) electrons. The van der Waals surface area contributed by atoms with Gasteiger partial charge in [0.2, 0.25) is 5.71 Å². The maximum absolute atomic E-state index is 11.4. The number of ether oxygens (including phenoxy) is 1. The van der Waals surface area contributed by atoms with Gasteiger partial charge in [0.1, 0.15) is 5.60 Å². The Kier molecular flexibility index (Phi) is 4.66. The number of nitrogens with zero attached hydrogens (tertiary/aromatic N) is 1. The molecule has 0 aromatic rings. The van der Waals surface area contributed by atoms with Crippen LogP contribution in [0.15, 0.2) is 5.16 Å². The highest BCUT2D eigenvalue weighted by atomic mass is 16.7. The number of esters is 1. The van der Waals surface area contributed by atoms with E-state index in [4.69, 9.17) is 9.57 Å². The molecule has 1 aliphatic carbocycles. The van der Waals surface area contributed by atoms with E-state index in [1.54, 1.807) is 6.92 Å². The molecule has 0 aromatic carbocycles. The molecule has 0 N–H and O–H groups in total. The van der Waals surface area contributed by atoms with Gasteiger partial charge < -0.3 is 9.57 Å². The molecule has 0 amide bonds. The average Bonchev–Trinajstić information content (AvgIpc) is 2.65. The minimum absolute atomic E-state index is 0.211. The van der Waals surface area contributed by atoms with Crippen LogP contribution in [0.2, 0.25) is 0 Å². The number of oxime groups is 1. The zero-order valence-corrected chi connectivity index (χ0v) is 10.6. The second kappa shape index (κ2) is 5.80. The monoisotopic (exact) mass is 241 g/mol. The maximum atomic E-state index is 11.4. The molecule has 5 heteroatoms. The standard InChI is InChI=1S/C12H19NO4/c1-4-16-11(15)10(9(2)14)13-17-12(3)7-5-6-8-12/h4-8H2,1-3H3/b13-10+. The van der Waals surface area contributed by atoms with Gasteiger partial charge in [0, 0.05) is 6.92 Å². The first-order valence-electron chi connectivity index (χ1n) is 5.93. The van der Waals surface area contributed by atoms with Crippen molar-refractivity contribution in [3.63, 3.8) is 0 Å². The smallest absolute Gasteiger partial charge is 0.364 e. The molecule has 1 saturated carbocycles. The SMILES string of the molecule is CCOC(=O)/C(=N/OC1(C)CCCC1)C(C)=O. The van der Waals surface area contributed by atoms with Crippen LogP contribution >= 0.6 is 0 Å². The molecule has 1 rings (SSSR count). The molecule has 1 aliphatic rings. The van der Waals surface area contributed by atoms with Crippen molar-refractivity contribution in [2.45, 2.75) is 52.1 Å². The molecule has 0 aromatic heterocycles. The third kappa shape index (κ3) is 3.84. The molecule has 0 spiro atoms. The van der Waals surface area contributed by atoms with Crippen molar-refractivity contribution in [3.05, 3.63) is 0 Å². The van der Waals surface area contributed by atoms with Crippen molar-refractivity contribution < 1.29 is 19.2 Å². The number of carbonyl (C=O) groups excluding carboxylic acids is 2. The Labute approximate surface area is 101 Å². The van der Waals surface area contributed by atoms with Crippen molar-refractivity contribution in [1.82, 2.24) is 0 Å². The van der Waals surface area contributed by atoms with Gasteiger partial charge in [-0.15, -0.1) is 0 Å². The molecule has 5 nitrogen and oxygen atoms in total. The van der Waals surface area contributed by atoms with E-state index in [2.05, 4.69) is 5.16 Å². The maximum Gasteiger partial charge on any atom is 0.364 e. The van der Waals surface area contributed by atoms with Gasteiger partial charge in [-0.3, -0.25) is 4.79 Å². The lowest BCUT2D eigenvalue weighted by molar-refractivity contribution is -0.136. The van der Waals surface area contributed by atoms with E-state index in [1.807, 2.05) is 6.92 Å². The number of ketones is 1. The van der Waals surface area contributed by atoms with Crippen LogP contribution < -0.4 is 0 Å². The van der Waals surface area contributed by atoms with E-state index in [1.165, 1.54) is 6.92 Å². The highest BCUT2D eigenvalue weighted by Gasteiger charge is 2.32. The largest absolute Gasteiger partial charge is 0.461 e. The fraction of sp³-hybridized carbons (Fsp3) is 0.750. The van der Waals surface area contributed by atoms with Crippen LogP contribution in [0, 0.1) is 0 Å². The van der Waals surface area contributed by atoms with Gasteiger partial charge in [-0.2, -0.15) is 0 Å². The van der Waals surface area contributed by atoms with Crippen molar-refractivity contribution in [2.24, 2.45) is 5.16 Å². The number of carbonyl (C=O) groups is 2. The number of hydrogen-bond donors (Lipinski definition) is 0. The van der Waals surface area contributed by atoms with Crippen LogP contribution in [0.4, 0.5) is 0 Å². The van der Waals surface area contributed by atoms with E-state index in [-0.39, 0.29) is 17.9 Å². The zero-order valence-electron chi connectivity index (χ0n) is 10.6. The third-order valence-electron chi connectivity index (χ3n) is 2.82. The third-order valence-corrected chi connectivity index (χ3v) is 2.82. The highest BCUT2D eigenvalue weighted by Crippen LogP contribution is 2.32. The lowest BCUT2D eigenvalue weighted by Crippen LogP contribution is -2.28. The Morgan fingerprint density at radius 1 is 1.29 bits per heavy atom. The zero-order chi connectivity index (χ0) is 12.9. The quantitative estimate of drug-likeness (QED) is 0.319. The predicted octanol–water partition coefficient (Wildman–Crippen LogP) is 1.84. The van der Waals surface area contributed by atoms with Gasteiger partial charge in [0.15, 0.2) is 5.78 Å². The van der Waals surface area contributed by atoms with E-state index in [9.17, 15) is 9.59 Å². The first kappa shape index (κ1) is 13.7. The van der Waals surface area contributed by atoms with Crippen LogP contribution in [-0.2, 0) is 19.2 Å². The number of rotatable bonds is 5. The molecule has 0 saturated heterocycles. The molecule has 0 bridgehead atoms. The minimum atomic E-state index is -0.721. The molecule has 17 heavy (non-hydrogen) atoms. The number of Topliss-reactive ketones (excluding diaryl/α,β-unsaturated/α-hetero) is 1.